The molecule has 0 aliphatic carbocycles. The van der Waals surface area contributed by atoms with Gasteiger partial charge in [-0.2, -0.15) is 0 Å². The minimum atomic E-state index is 1.14. The summed E-state index contributed by atoms with van der Waals surface area (Å²) in [6.07, 6.45) is 12.1. The molecule has 0 aliphatic heterocycles. The summed E-state index contributed by atoms with van der Waals surface area (Å²) < 4.78 is 2.30. The molecular weight excluding hydrogens is 232 g/mol. The summed E-state index contributed by atoms with van der Waals surface area (Å²) >= 11 is 0. The van der Waals surface area contributed by atoms with Gasteiger partial charge in [-0.1, -0.05) is 40.0 Å². The van der Waals surface area contributed by atoms with Crippen molar-refractivity contribution in [3.05, 3.63) is 24.5 Å². The Balaban J connectivity index is 2.61. The van der Waals surface area contributed by atoms with E-state index in [9.17, 15) is 0 Å². The van der Waals surface area contributed by atoms with Crippen LogP contribution in [0.5, 0.6) is 0 Å². The molecular formula is C17H31N2+. The minimum Gasteiger partial charge on any atom is -0.371 e. The van der Waals surface area contributed by atoms with Crippen molar-refractivity contribution >= 4 is 5.69 Å². The number of nitrogens with zero attached hydrogens (tertiary/aromatic N) is 2. The van der Waals surface area contributed by atoms with Crippen molar-refractivity contribution in [3.8, 4) is 0 Å². The molecule has 19 heavy (non-hydrogen) atoms. The summed E-state index contributed by atoms with van der Waals surface area (Å²) in [5, 5.41) is 0. The predicted molar refractivity (Wildman–Crippen MR) is 83.6 cm³/mol. The van der Waals surface area contributed by atoms with Gasteiger partial charge in [0.25, 0.3) is 0 Å². The van der Waals surface area contributed by atoms with Crippen LogP contribution in [0.15, 0.2) is 24.5 Å². The maximum absolute atomic E-state index is 2.54. The number of aryl methyl sites for hydroxylation is 1. The van der Waals surface area contributed by atoms with Gasteiger partial charge in [0.1, 0.15) is 6.54 Å². The molecule has 0 bridgehead atoms. The lowest BCUT2D eigenvalue weighted by atomic mass is 10.2. The average molecular weight is 263 g/mol. The maximum Gasteiger partial charge on any atom is 0.170 e. The molecule has 2 nitrogen and oxygen atoms in total. The maximum atomic E-state index is 2.54. The zero-order chi connectivity index (χ0) is 13.9. The topological polar surface area (TPSA) is 7.12 Å². The third kappa shape index (κ3) is 6.09. The Labute approximate surface area is 119 Å². The third-order valence-corrected chi connectivity index (χ3v) is 3.57. The highest BCUT2D eigenvalue weighted by atomic mass is 15.1. The summed E-state index contributed by atoms with van der Waals surface area (Å²) in [7, 11) is 0. The molecule has 0 aromatic carbocycles. The van der Waals surface area contributed by atoms with Crippen LogP contribution >= 0.6 is 0 Å². The van der Waals surface area contributed by atoms with E-state index in [1.165, 1.54) is 57.3 Å². The fourth-order valence-electron chi connectivity index (χ4n) is 2.22. The van der Waals surface area contributed by atoms with Crippen LogP contribution in [0.25, 0.3) is 0 Å². The van der Waals surface area contributed by atoms with E-state index in [4.69, 9.17) is 0 Å². The first-order chi connectivity index (χ1) is 9.31. The quantitative estimate of drug-likeness (QED) is 0.574. The predicted octanol–water partition coefficient (Wildman–Crippen LogP) is 4.18. The van der Waals surface area contributed by atoms with Crippen LogP contribution in [-0.2, 0) is 6.54 Å². The molecule has 108 valence electrons. The van der Waals surface area contributed by atoms with Gasteiger partial charge in [-0.15, -0.1) is 0 Å². The van der Waals surface area contributed by atoms with Crippen molar-refractivity contribution in [3.63, 3.8) is 0 Å². The Hall–Kier alpha value is -1.05. The highest BCUT2D eigenvalue weighted by Crippen LogP contribution is 2.13. The van der Waals surface area contributed by atoms with Crippen LogP contribution < -0.4 is 9.47 Å². The van der Waals surface area contributed by atoms with Gasteiger partial charge < -0.3 is 4.90 Å². The molecule has 0 atom stereocenters. The smallest absolute Gasteiger partial charge is 0.170 e. The SMILES string of the molecule is CCCCN(CCCC)c1cc[n+](CCCC)cc1. The lowest BCUT2D eigenvalue weighted by Gasteiger charge is -2.24. The van der Waals surface area contributed by atoms with Gasteiger partial charge in [0.2, 0.25) is 0 Å². The van der Waals surface area contributed by atoms with Gasteiger partial charge in [-0.3, -0.25) is 0 Å². The molecule has 1 aromatic heterocycles. The Morgan fingerprint density at radius 3 is 1.84 bits per heavy atom. The number of hydrogen-bond acceptors (Lipinski definition) is 1. The van der Waals surface area contributed by atoms with Crippen molar-refractivity contribution in [2.45, 2.75) is 65.8 Å². The lowest BCUT2D eigenvalue weighted by Crippen LogP contribution is -2.33. The molecule has 1 heterocycles. The normalized spacial score (nSPS) is 10.7. The molecule has 0 saturated heterocycles. The fourth-order valence-corrected chi connectivity index (χ4v) is 2.22. The summed E-state index contributed by atoms with van der Waals surface area (Å²) in [6.45, 7) is 10.3. The van der Waals surface area contributed by atoms with Gasteiger partial charge in [-0.05, 0) is 12.8 Å². The highest BCUT2D eigenvalue weighted by molar-refractivity contribution is 5.43. The first-order valence-electron chi connectivity index (χ1n) is 8.05. The second-order valence-electron chi connectivity index (χ2n) is 5.34. The molecule has 0 fully saturated rings. The van der Waals surface area contributed by atoms with Crippen molar-refractivity contribution < 1.29 is 4.57 Å². The molecule has 1 aromatic rings. The van der Waals surface area contributed by atoms with Gasteiger partial charge in [0.15, 0.2) is 12.4 Å². The molecule has 0 amide bonds. The van der Waals surface area contributed by atoms with Crippen LogP contribution in [0.3, 0.4) is 0 Å². The molecule has 0 saturated carbocycles. The number of anilines is 1. The highest BCUT2D eigenvalue weighted by Gasteiger charge is 2.07. The summed E-state index contributed by atoms with van der Waals surface area (Å²) in [5.41, 5.74) is 1.38. The summed E-state index contributed by atoms with van der Waals surface area (Å²) in [4.78, 5) is 2.54. The number of hydrogen-bond donors (Lipinski definition) is 0. The van der Waals surface area contributed by atoms with Crippen LogP contribution in [-0.4, -0.2) is 13.1 Å². The first-order valence-corrected chi connectivity index (χ1v) is 8.05. The van der Waals surface area contributed by atoms with Crippen molar-refractivity contribution in [1.82, 2.24) is 0 Å². The van der Waals surface area contributed by atoms with E-state index in [0.717, 1.165) is 6.54 Å². The van der Waals surface area contributed by atoms with E-state index in [1.807, 2.05) is 0 Å². The monoisotopic (exact) mass is 263 g/mol. The summed E-state index contributed by atoms with van der Waals surface area (Å²) in [5.74, 6) is 0. The van der Waals surface area contributed by atoms with Crippen molar-refractivity contribution in [1.29, 1.82) is 0 Å². The van der Waals surface area contributed by atoms with Gasteiger partial charge in [0.05, 0.1) is 0 Å². The van der Waals surface area contributed by atoms with E-state index in [0.29, 0.717) is 0 Å². The minimum absolute atomic E-state index is 1.14. The zero-order valence-corrected chi connectivity index (χ0v) is 13.1. The van der Waals surface area contributed by atoms with Crippen LogP contribution in [0.4, 0.5) is 5.69 Å². The van der Waals surface area contributed by atoms with Gasteiger partial charge in [0, 0.05) is 37.3 Å². The number of pyridine rings is 1. The van der Waals surface area contributed by atoms with Crippen molar-refractivity contribution in [2.24, 2.45) is 0 Å². The Bertz CT molecular complexity index is 311. The van der Waals surface area contributed by atoms with E-state index in [1.54, 1.807) is 0 Å². The van der Waals surface area contributed by atoms with E-state index < -0.39 is 0 Å². The van der Waals surface area contributed by atoms with E-state index >= 15 is 0 Å². The number of unbranched alkanes of at least 4 members (excludes halogenated alkanes) is 3. The molecule has 0 unspecified atom stereocenters. The Kier molecular flexibility index (Phi) is 8.28. The first kappa shape index (κ1) is 16.0. The third-order valence-electron chi connectivity index (χ3n) is 3.57. The largest absolute Gasteiger partial charge is 0.371 e. The van der Waals surface area contributed by atoms with E-state index in [2.05, 4.69) is 54.8 Å². The standard InChI is InChI=1S/C17H31N2/c1-4-7-12-18-15-10-17(11-16-18)19(13-8-5-2)14-9-6-3/h10-11,15-16H,4-9,12-14H2,1-3H3/q+1. The van der Waals surface area contributed by atoms with E-state index in [-0.39, 0.29) is 0 Å². The van der Waals surface area contributed by atoms with Crippen LogP contribution in [0, 0.1) is 0 Å². The summed E-state index contributed by atoms with van der Waals surface area (Å²) in [6, 6.07) is 4.56. The van der Waals surface area contributed by atoms with Crippen LogP contribution in [0.1, 0.15) is 59.3 Å². The van der Waals surface area contributed by atoms with Gasteiger partial charge >= 0.3 is 0 Å². The van der Waals surface area contributed by atoms with Crippen LogP contribution in [0.2, 0.25) is 0 Å². The second-order valence-corrected chi connectivity index (χ2v) is 5.34. The molecule has 1 rings (SSSR count). The molecule has 0 N–H and O–H groups in total. The molecule has 0 spiro atoms. The lowest BCUT2D eigenvalue weighted by molar-refractivity contribution is -0.697. The number of rotatable bonds is 10. The zero-order valence-electron chi connectivity index (χ0n) is 13.1. The molecule has 0 aliphatic rings. The Morgan fingerprint density at radius 1 is 0.842 bits per heavy atom. The second kappa shape index (κ2) is 9.82. The van der Waals surface area contributed by atoms with Gasteiger partial charge in [-0.25, -0.2) is 4.57 Å². The molecule has 0 radical (unpaired) electrons. The molecule has 2 heteroatoms. The average Bonchev–Trinajstić information content (AvgIpc) is 2.46. The fraction of sp³-hybridized carbons (Fsp3) is 0.706. The Morgan fingerprint density at radius 2 is 1.37 bits per heavy atom. The number of aromatic nitrogens is 1. The van der Waals surface area contributed by atoms with Crippen molar-refractivity contribution in [2.75, 3.05) is 18.0 Å².